The van der Waals surface area contributed by atoms with Crippen LogP contribution in [0.2, 0.25) is 0 Å². The van der Waals surface area contributed by atoms with Gasteiger partial charge in [0.25, 0.3) is 0 Å². The van der Waals surface area contributed by atoms with Crippen molar-refractivity contribution in [2.75, 3.05) is 21.1 Å². The standard InChI is InChI=1S/C6H14NO.HI/c1-5-6(8-5)7(2,3)4;/h5-6H,1-4H3;1H/q+1;/p-1. The highest BCUT2D eigenvalue weighted by atomic mass is 127. The molecule has 0 radical (unpaired) electrons. The first kappa shape index (κ1) is 9.65. The van der Waals surface area contributed by atoms with E-state index < -0.39 is 0 Å². The molecule has 0 amide bonds. The summed E-state index contributed by atoms with van der Waals surface area (Å²) in [6, 6.07) is 0. The van der Waals surface area contributed by atoms with Crippen LogP contribution in [-0.2, 0) is 4.74 Å². The first-order valence-electron chi connectivity index (χ1n) is 2.98. The Morgan fingerprint density at radius 2 is 1.56 bits per heavy atom. The molecule has 1 fully saturated rings. The fourth-order valence-electron chi connectivity index (χ4n) is 0.987. The summed E-state index contributed by atoms with van der Waals surface area (Å²) in [5, 5.41) is 0. The van der Waals surface area contributed by atoms with Gasteiger partial charge in [0.1, 0.15) is 6.10 Å². The van der Waals surface area contributed by atoms with Gasteiger partial charge in [-0.25, -0.2) is 0 Å². The number of quaternary nitrogens is 1. The van der Waals surface area contributed by atoms with Gasteiger partial charge in [0.2, 0.25) is 6.23 Å². The summed E-state index contributed by atoms with van der Waals surface area (Å²) in [5.41, 5.74) is 0. The minimum Gasteiger partial charge on any atom is -1.00 e. The van der Waals surface area contributed by atoms with E-state index in [-0.39, 0.29) is 24.0 Å². The van der Waals surface area contributed by atoms with Crippen LogP contribution in [0.3, 0.4) is 0 Å². The second-order valence-electron chi connectivity index (χ2n) is 3.35. The third kappa shape index (κ3) is 2.39. The molecular weight excluding hydrogens is 229 g/mol. The number of hydrogen-bond donors (Lipinski definition) is 0. The van der Waals surface area contributed by atoms with E-state index >= 15 is 0 Å². The molecule has 0 saturated carbocycles. The lowest BCUT2D eigenvalue weighted by Crippen LogP contribution is -3.00. The van der Waals surface area contributed by atoms with Crippen LogP contribution >= 0.6 is 0 Å². The Morgan fingerprint density at radius 1 is 1.22 bits per heavy atom. The monoisotopic (exact) mass is 243 g/mol. The quantitative estimate of drug-likeness (QED) is 0.280. The molecule has 1 rings (SSSR count). The van der Waals surface area contributed by atoms with Crippen LogP contribution in [0.15, 0.2) is 0 Å². The number of rotatable bonds is 1. The predicted octanol–water partition coefficient (Wildman–Crippen LogP) is -2.56. The summed E-state index contributed by atoms with van der Waals surface area (Å²) in [7, 11) is 6.44. The van der Waals surface area contributed by atoms with E-state index in [4.69, 9.17) is 4.74 Å². The number of epoxide rings is 1. The average Bonchev–Trinajstić information content (AvgIpc) is 2.13. The molecule has 1 saturated heterocycles. The van der Waals surface area contributed by atoms with Crippen molar-refractivity contribution in [1.82, 2.24) is 0 Å². The third-order valence-corrected chi connectivity index (χ3v) is 1.44. The highest BCUT2D eigenvalue weighted by molar-refractivity contribution is 4.69. The van der Waals surface area contributed by atoms with Gasteiger partial charge in [-0.2, -0.15) is 0 Å². The molecule has 1 aliphatic heterocycles. The molecule has 3 heteroatoms. The van der Waals surface area contributed by atoms with E-state index in [1.807, 2.05) is 0 Å². The Kier molecular flexibility index (Phi) is 2.91. The molecule has 2 nitrogen and oxygen atoms in total. The molecule has 0 aliphatic carbocycles. The zero-order chi connectivity index (χ0) is 6.36. The van der Waals surface area contributed by atoms with Gasteiger partial charge in [-0.15, -0.1) is 0 Å². The second kappa shape index (κ2) is 2.72. The molecular formula is C6H14INO. The Balaban J connectivity index is 0.000000640. The van der Waals surface area contributed by atoms with Gasteiger partial charge >= 0.3 is 0 Å². The molecule has 1 heterocycles. The van der Waals surface area contributed by atoms with Crippen LogP contribution in [0.25, 0.3) is 0 Å². The van der Waals surface area contributed by atoms with E-state index in [0.717, 1.165) is 4.48 Å². The Hall–Kier alpha value is 0.650. The molecule has 56 valence electrons. The highest BCUT2D eigenvalue weighted by Crippen LogP contribution is 2.26. The van der Waals surface area contributed by atoms with Crippen LogP contribution in [0.1, 0.15) is 6.92 Å². The van der Waals surface area contributed by atoms with Crippen molar-refractivity contribution in [2.24, 2.45) is 0 Å². The van der Waals surface area contributed by atoms with Crippen molar-refractivity contribution in [2.45, 2.75) is 19.3 Å². The Bertz CT molecular complexity index is 99.7. The third-order valence-electron chi connectivity index (χ3n) is 1.44. The van der Waals surface area contributed by atoms with Crippen LogP contribution in [-0.4, -0.2) is 38.0 Å². The van der Waals surface area contributed by atoms with Gasteiger partial charge in [0.15, 0.2) is 0 Å². The summed E-state index contributed by atoms with van der Waals surface area (Å²) in [6.07, 6.45) is 0.935. The first-order chi connectivity index (χ1) is 3.52. The molecule has 1 aliphatic rings. The van der Waals surface area contributed by atoms with Crippen molar-refractivity contribution in [3.8, 4) is 0 Å². The van der Waals surface area contributed by atoms with Gasteiger partial charge in [-0.1, -0.05) is 0 Å². The van der Waals surface area contributed by atoms with Crippen LogP contribution in [0, 0.1) is 0 Å². The Morgan fingerprint density at radius 3 is 1.56 bits per heavy atom. The summed E-state index contributed by atoms with van der Waals surface area (Å²) in [4.78, 5) is 0. The normalized spacial score (nSPS) is 33.3. The molecule has 0 spiro atoms. The number of halogens is 1. The molecule has 0 bridgehead atoms. The zero-order valence-corrected chi connectivity index (χ0v) is 8.55. The number of ether oxygens (including phenoxy) is 1. The lowest BCUT2D eigenvalue weighted by Gasteiger charge is -2.20. The number of nitrogens with zero attached hydrogens (tertiary/aromatic N) is 1. The van der Waals surface area contributed by atoms with Crippen molar-refractivity contribution in [3.63, 3.8) is 0 Å². The van der Waals surface area contributed by atoms with Crippen molar-refractivity contribution >= 4 is 0 Å². The average molecular weight is 243 g/mol. The molecule has 2 unspecified atom stereocenters. The maximum atomic E-state index is 5.25. The van der Waals surface area contributed by atoms with Crippen molar-refractivity contribution < 1.29 is 33.2 Å². The number of likely N-dealkylation sites (N-methyl/N-ethyl adjacent to an activating group) is 1. The SMILES string of the molecule is CC1OC1[N+](C)(C)C.[I-]. The van der Waals surface area contributed by atoms with E-state index in [1.165, 1.54) is 0 Å². The van der Waals surface area contributed by atoms with Crippen LogP contribution < -0.4 is 24.0 Å². The summed E-state index contributed by atoms with van der Waals surface area (Å²) >= 11 is 0. The van der Waals surface area contributed by atoms with E-state index in [2.05, 4.69) is 28.1 Å². The lowest BCUT2D eigenvalue weighted by atomic mass is 10.4. The second-order valence-corrected chi connectivity index (χ2v) is 3.35. The molecule has 9 heavy (non-hydrogen) atoms. The molecule has 2 atom stereocenters. The molecule has 0 aromatic carbocycles. The minimum atomic E-state index is 0. The van der Waals surface area contributed by atoms with Gasteiger partial charge in [0.05, 0.1) is 21.1 Å². The zero-order valence-electron chi connectivity index (χ0n) is 6.39. The smallest absolute Gasteiger partial charge is 0.220 e. The molecule has 0 aromatic rings. The van der Waals surface area contributed by atoms with Crippen molar-refractivity contribution in [1.29, 1.82) is 0 Å². The van der Waals surface area contributed by atoms with E-state index in [0.29, 0.717) is 12.3 Å². The summed E-state index contributed by atoms with van der Waals surface area (Å²) < 4.78 is 6.19. The fourth-order valence-corrected chi connectivity index (χ4v) is 0.987. The van der Waals surface area contributed by atoms with Crippen molar-refractivity contribution in [3.05, 3.63) is 0 Å². The molecule has 0 aromatic heterocycles. The fraction of sp³-hybridized carbons (Fsp3) is 1.00. The van der Waals surface area contributed by atoms with Crippen LogP contribution in [0.4, 0.5) is 0 Å². The van der Waals surface area contributed by atoms with Gasteiger partial charge in [-0.3, -0.25) is 0 Å². The maximum absolute atomic E-state index is 5.25. The topological polar surface area (TPSA) is 12.5 Å². The minimum absolute atomic E-state index is 0. The lowest BCUT2D eigenvalue weighted by molar-refractivity contribution is -0.892. The highest BCUT2D eigenvalue weighted by Gasteiger charge is 2.45. The van der Waals surface area contributed by atoms with Gasteiger partial charge < -0.3 is 33.2 Å². The van der Waals surface area contributed by atoms with Gasteiger partial charge in [0, 0.05) is 0 Å². The first-order valence-corrected chi connectivity index (χ1v) is 2.98. The molecule has 0 N–H and O–H groups in total. The summed E-state index contributed by atoms with van der Waals surface area (Å²) in [5.74, 6) is 0. The van der Waals surface area contributed by atoms with Crippen LogP contribution in [0.5, 0.6) is 0 Å². The van der Waals surface area contributed by atoms with E-state index in [1.54, 1.807) is 0 Å². The Labute approximate surface area is 73.8 Å². The van der Waals surface area contributed by atoms with E-state index in [9.17, 15) is 0 Å². The number of hydrogen-bond acceptors (Lipinski definition) is 1. The summed E-state index contributed by atoms with van der Waals surface area (Å²) in [6.45, 7) is 2.11. The predicted molar refractivity (Wildman–Crippen MR) is 32.4 cm³/mol. The maximum Gasteiger partial charge on any atom is 0.220 e. The van der Waals surface area contributed by atoms with Gasteiger partial charge in [-0.05, 0) is 6.92 Å². The largest absolute Gasteiger partial charge is 1.00 e.